The summed E-state index contributed by atoms with van der Waals surface area (Å²) in [4.78, 5) is 39.0. The molecular weight excluding hydrogens is 472 g/mol. The number of fused-ring (bicyclic) bond motifs is 3. The van der Waals surface area contributed by atoms with E-state index in [2.05, 4.69) is 0 Å². The average Bonchev–Trinajstić information content (AvgIpc) is 2.82. The maximum Gasteiger partial charge on any atom is 0.198 e. The molecule has 0 bridgehead atoms. The fourth-order valence-electron chi connectivity index (χ4n) is 5.36. The van der Waals surface area contributed by atoms with Crippen LogP contribution in [0.4, 0.5) is 0 Å². The van der Waals surface area contributed by atoms with Crippen LogP contribution < -0.4 is 0 Å². The third-order valence-electron chi connectivity index (χ3n) is 7.42. The number of ketones is 3. The van der Waals surface area contributed by atoms with E-state index in [1.807, 2.05) is 0 Å². The molecule has 1 saturated heterocycles. The number of ether oxygens (including phenoxy) is 2. The molecule has 10 heteroatoms. The number of carbonyl (C=O) groups is 3. The molecule has 0 saturated carbocycles. The zero-order valence-corrected chi connectivity index (χ0v) is 19.6. The number of aromatic hydroxyl groups is 2. The molecule has 5 N–H and O–H groups in total. The first kappa shape index (κ1) is 24.5. The molecule has 1 heterocycles. The van der Waals surface area contributed by atoms with E-state index in [1.54, 1.807) is 12.1 Å². The second-order valence-corrected chi connectivity index (χ2v) is 9.70. The van der Waals surface area contributed by atoms with Crippen LogP contribution in [0.25, 0.3) is 0 Å². The Morgan fingerprint density at radius 3 is 2.19 bits per heavy atom. The van der Waals surface area contributed by atoms with Gasteiger partial charge in [-0.2, -0.15) is 0 Å². The quantitative estimate of drug-likeness (QED) is 0.329. The lowest BCUT2D eigenvalue weighted by Crippen LogP contribution is -2.49. The summed E-state index contributed by atoms with van der Waals surface area (Å²) in [6.45, 7) is 2.70. The molecule has 2 aromatic rings. The second-order valence-electron chi connectivity index (χ2n) is 9.70. The van der Waals surface area contributed by atoms with E-state index < -0.39 is 77.1 Å². The van der Waals surface area contributed by atoms with Crippen molar-refractivity contribution in [2.75, 3.05) is 0 Å². The number of Topliss-reactive ketones (excluding diaryl/α,β-unsaturated/α-hetero) is 1. The predicted octanol–water partition coefficient (Wildman–Crippen LogP) is 1.05. The minimum absolute atomic E-state index is 0.0467. The number of benzene rings is 2. The van der Waals surface area contributed by atoms with Crippen molar-refractivity contribution in [3.8, 4) is 11.5 Å². The zero-order chi connectivity index (χ0) is 26.1. The fraction of sp³-hybridized carbons (Fsp3) is 0.423. The molecule has 190 valence electrons. The van der Waals surface area contributed by atoms with Crippen molar-refractivity contribution in [3.05, 3.63) is 57.6 Å². The molecule has 0 aromatic heterocycles. The Morgan fingerprint density at radius 1 is 1.06 bits per heavy atom. The van der Waals surface area contributed by atoms with Gasteiger partial charge in [0.25, 0.3) is 0 Å². The average molecular weight is 498 g/mol. The van der Waals surface area contributed by atoms with Gasteiger partial charge in [0.2, 0.25) is 0 Å². The van der Waals surface area contributed by atoms with Crippen molar-refractivity contribution in [2.24, 2.45) is 0 Å². The van der Waals surface area contributed by atoms with Crippen LogP contribution in [0.5, 0.6) is 11.5 Å². The van der Waals surface area contributed by atoms with E-state index in [1.165, 1.54) is 26.0 Å². The highest BCUT2D eigenvalue weighted by Crippen LogP contribution is 2.52. The molecule has 0 radical (unpaired) electrons. The molecule has 5 rings (SSSR count). The number of hydrogen-bond donors (Lipinski definition) is 5. The largest absolute Gasteiger partial charge is 0.507 e. The highest BCUT2D eigenvalue weighted by molar-refractivity contribution is 6.30. The van der Waals surface area contributed by atoms with Gasteiger partial charge in [0.1, 0.15) is 23.2 Å². The molecule has 1 aliphatic heterocycles. The van der Waals surface area contributed by atoms with Gasteiger partial charge in [-0.15, -0.1) is 0 Å². The van der Waals surface area contributed by atoms with Crippen molar-refractivity contribution < 1.29 is 49.4 Å². The van der Waals surface area contributed by atoms with Crippen molar-refractivity contribution in [3.63, 3.8) is 0 Å². The Labute approximate surface area is 205 Å². The molecule has 0 amide bonds. The summed E-state index contributed by atoms with van der Waals surface area (Å²) < 4.78 is 11.6. The summed E-state index contributed by atoms with van der Waals surface area (Å²) >= 11 is 0. The summed E-state index contributed by atoms with van der Waals surface area (Å²) in [5.41, 5.74) is -2.80. The van der Waals surface area contributed by atoms with Crippen LogP contribution in [-0.2, 0) is 20.7 Å². The molecule has 36 heavy (non-hydrogen) atoms. The lowest BCUT2D eigenvalue weighted by Gasteiger charge is -2.41. The van der Waals surface area contributed by atoms with Crippen LogP contribution in [0.1, 0.15) is 75.8 Å². The molecule has 1 fully saturated rings. The normalized spacial score (nSPS) is 31.4. The standard InChI is InChI=1S/C26H26O10/c1-10-21(29)15(28)7-17(35-10)36-16-9-26(34,11(2)27)8-14-18(16)25(33)20-19(24(14)32)22(30)12-5-3-4-6-13(12)23(20)31/h3-6,10,15-17,21,28-29,32-34H,7-9H2,1-2H3/t10-,15-,16-,17-,21+,26-/m0/s1. The molecule has 6 atom stereocenters. The number of aliphatic hydroxyl groups excluding tert-OH is 2. The summed E-state index contributed by atoms with van der Waals surface area (Å²) in [7, 11) is 0. The summed E-state index contributed by atoms with van der Waals surface area (Å²) in [6, 6.07) is 6.03. The molecule has 0 spiro atoms. The number of carbonyl (C=O) groups excluding carboxylic acids is 3. The predicted molar refractivity (Wildman–Crippen MR) is 122 cm³/mol. The first-order valence-corrected chi connectivity index (χ1v) is 11.6. The van der Waals surface area contributed by atoms with Gasteiger partial charge in [-0.1, -0.05) is 24.3 Å². The van der Waals surface area contributed by atoms with E-state index in [-0.39, 0.29) is 40.7 Å². The lowest BCUT2D eigenvalue weighted by molar-refractivity contribution is -0.265. The van der Waals surface area contributed by atoms with Gasteiger partial charge in [0, 0.05) is 41.5 Å². The highest BCUT2D eigenvalue weighted by Gasteiger charge is 2.49. The topological polar surface area (TPSA) is 171 Å². The number of aliphatic hydroxyl groups is 3. The second kappa shape index (κ2) is 8.46. The summed E-state index contributed by atoms with van der Waals surface area (Å²) in [6.07, 6.45) is -6.36. The molecular formula is C26H26O10. The van der Waals surface area contributed by atoms with Gasteiger partial charge in [0.05, 0.1) is 29.4 Å². The molecule has 2 aliphatic carbocycles. The number of phenols is 2. The van der Waals surface area contributed by atoms with E-state index >= 15 is 0 Å². The van der Waals surface area contributed by atoms with E-state index in [4.69, 9.17) is 9.47 Å². The number of phenolic OH excluding ortho intramolecular Hbond substituents is 2. The Kier molecular flexibility index (Phi) is 5.77. The maximum absolute atomic E-state index is 13.3. The third-order valence-corrected chi connectivity index (χ3v) is 7.42. The van der Waals surface area contributed by atoms with E-state index in [9.17, 15) is 39.9 Å². The summed E-state index contributed by atoms with van der Waals surface area (Å²) in [5, 5.41) is 53.8. The number of hydrogen-bond acceptors (Lipinski definition) is 10. The molecule has 0 unspecified atom stereocenters. The monoisotopic (exact) mass is 498 g/mol. The first-order chi connectivity index (χ1) is 16.9. The Hall–Kier alpha value is -3.15. The van der Waals surface area contributed by atoms with Crippen LogP contribution in [0.3, 0.4) is 0 Å². The minimum Gasteiger partial charge on any atom is -0.507 e. The Bertz CT molecular complexity index is 1290. The van der Waals surface area contributed by atoms with Crippen LogP contribution in [0.2, 0.25) is 0 Å². The van der Waals surface area contributed by atoms with E-state index in [0.717, 1.165) is 0 Å². The van der Waals surface area contributed by atoms with Crippen molar-refractivity contribution in [1.82, 2.24) is 0 Å². The van der Waals surface area contributed by atoms with Crippen molar-refractivity contribution in [2.45, 2.75) is 69.4 Å². The van der Waals surface area contributed by atoms with Crippen LogP contribution in [0.15, 0.2) is 24.3 Å². The van der Waals surface area contributed by atoms with Gasteiger partial charge in [0.15, 0.2) is 23.6 Å². The Balaban J connectivity index is 1.66. The van der Waals surface area contributed by atoms with E-state index in [0.29, 0.717) is 0 Å². The number of rotatable bonds is 3. The van der Waals surface area contributed by atoms with Crippen LogP contribution in [0, 0.1) is 0 Å². The van der Waals surface area contributed by atoms with Gasteiger partial charge in [-0.05, 0) is 13.8 Å². The van der Waals surface area contributed by atoms with Gasteiger partial charge in [-0.25, -0.2) is 0 Å². The lowest BCUT2D eigenvalue weighted by atomic mass is 9.72. The van der Waals surface area contributed by atoms with Gasteiger partial charge < -0.3 is 35.0 Å². The van der Waals surface area contributed by atoms with Crippen LogP contribution in [-0.4, -0.2) is 73.1 Å². The third kappa shape index (κ3) is 3.56. The zero-order valence-electron chi connectivity index (χ0n) is 19.6. The molecule has 2 aromatic carbocycles. The minimum atomic E-state index is -2.01. The SMILES string of the molecule is CC(=O)[C@]1(O)Cc2c(O)c3c(c(O)c2[C@@H](O[C@H]2C[C@H](O)[C@H](O)[C@H](C)O2)C1)C(=O)c1ccccc1C3=O. The van der Waals surface area contributed by atoms with Crippen molar-refractivity contribution in [1.29, 1.82) is 0 Å². The maximum atomic E-state index is 13.3. The van der Waals surface area contributed by atoms with Gasteiger partial charge in [-0.3, -0.25) is 14.4 Å². The fourth-order valence-corrected chi connectivity index (χ4v) is 5.36. The highest BCUT2D eigenvalue weighted by atomic mass is 16.7. The van der Waals surface area contributed by atoms with Crippen molar-refractivity contribution >= 4 is 17.3 Å². The first-order valence-electron chi connectivity index (χ1n) is 11.6. The smallest absolute Gasteiger partial charge is 0.198 e. The van der Waals surface area contributed by atoms with Crippen LogP contribution >= 0.6 is 0 Å². The van der Waals surface area contributed by atoms with Gasteiger partial charge >= 0.3 is 0 Å². The Morgan fingerprint density at radius 2 is 1.64 bits per heavy atom. The molecule has 3 aliphatic rings. The summed E-state index contributed by atoms with van der Waals surface area (Å²) in [5.74, 6) is -3.17. The molecule has 10 nitrogen and oxygen atoms in total.